The van der Waals surface area contributed by atoms with Crippen LogP contribution in [0.15, 0.2) is 30.3 Å². The van der Waals surface area contributed by atoms with Crippen LogP contribution in [0.5, 0.6) is 5.75 Å². The van der Waals surface area contributed by atoms with Gasteiger partial charge in [-0.25, -0.2) is 4.98 Å². The molecular formula is C25H30N4O3S. The monoisotopic (exact) mass is 466 g/mol. The first-order valence-corrected chi connectivity index (χ1v) is 12.5. The Morgan fingerprint density at radius 2 is 1.85 bits per heavy atom. The number of fused-ring (bicyclic) bond motifs is 1. The van der Waals surface area contributed by atoms with E-state index in [1.165, 1.54) is 29.9 Å². The van der Waals surface area contributed by atoms with E-state index in [1.54, 1.807) is 7.11 Å². The van der Waals surface area contributed by atoms with Gasteiger partial charge < -0.3 is 19.3 Å². The van der Waals surface area contributed by atoms with Crippen LogP contribution in [0.4, 0.5) is 16.5 Å². The molecule has 33 heavy (non-hydrogen) atoms. The maximum absolute atomic E-state index is 13.4. The van der Waals surface area contributed by atoms with E-state index in [4.69, 9.17) is 14.5 Å². The third-order valence-corrected chi connectivity index (χ3v) is 7.47. The van der Waals surface area contributed by atoms with Crippen molar-refractivity contribution in [2.24, 2.45) is 0 Å². The van der Waals surface area contributed by atoms with Crippen molar-refractivity contribution < 1.29 is 14.3 Å². The Hall–Kier alpha value is -2.84. The van der Waals surface area contributed by atoms with E-state index < -0.39 is 0 Å². The van der Waals surface area contributed by atoms with Crippen molar-refractivity contribution in [2.75, 3.05) is 61.6 Å². The van der Waals surface area contributed by atoms with E-state index in [2.05, 4.69) is 34.2 Å². The molecule has 3 aromatic rings. The fourth-order valence-electron chi connectivity index (χ4n) is 4.82. The summed E-state index contributed by atoms with van der Waals surface area (Å²) in [6.45, 7) is 7.32. The predicted octanol–water partition coefficient (Wildman–Crippen LogP) is 4.56. The summed E-state index contributed by atoms with van der Waals surface area (Å²) in [4.78, 5) is 22.8. The molecule has 1 aromatic heterocycles. The number of hydrogen-bond donors (Lipinski definition) is 1. The third kappa shape index (κ3) is 4.25. The Bertz CT molecular complexity index is 1150. The Morgan fingerprint density at radius 1 is 1.09 bits per heavy atom. The molecule has 0 aliphatic carbocycles. The second kappa shape index (κ2) is 9.57. The van der Waals surface area contributed by atoms with Crippen LogP contribution in [0.1, 0.15) is 35.7 Å². The van der Waals surface area contributed by atoms with Gasteiger partial charge in [-0.15, -0.1) is 0 Å². The highest BCUT2D eigenvalue weighted by Gasteiger charge is 2.22. The van der Waals surface area contributed by atoms with Crippen LogP contribution in [0.25, 0.3) is 10.2 Å². The van der Waals surface area contributed by atoms with Crippen molar-refractivity contribution in [3.05, 3.63) is 41.5 Å². The van der Waals surface area contributed by atoms with Gasteiger partial charge >= 0.3 is 0 Å². The zero-order valence-corrected chi connectivity index (χ0v) is 20.0. The van der Waals surface area contributed by atoms with Gasteiger partial charge in [-0.1, -0.05) is 24.3 Å². The van der Waals surface area contributed by atoms with Crippen LogP contribution in [-0.4, -0.2) is 57.4 Å². The lowest BCUT2D eigenvalue weighted by Crippen LogP contribution is -2.36. The molecule has 2 aromatic carbocycles. The molecule has 1 N–H and O–H groups in total. The highest BCUT2D eigenvalue weighted by Crippen LogP contribution is 2.40. The van der Waals surface area contributed by atoms with E-state index in [0.29, 0.717) is 24.1 Å². The average molecular weight is 467 g/mol. The number of rotatable bonds is 6. The van der Waals surface area contributed by atoms with Crippen molar-refractivity contribution in [3.63, 3.8) is 0 Å². The molecule has 0 bridgehead atoms. The number of nitrogens with one attached hydrogen (secondary N) is 1. The molecule has 2 saturated heterocycles. The molecule has 0 unspecified atom stereocenters. The molecule has 0 saturated carbocycles. The van der Waals surface area contributed by atoms with Gasteiger partial charge in [-0.3, -0.25) is 10.1 Å². The molecule has 8 heteroatoms. The number of morpholine rings is 1. The molecule has 3 heterocycles. The third-order valence-electron chi connectivity index (χ3n) is 6.47. The van der Waals surface area contributed by atoms with E-state index in [-0.39, 0.29) is 5.91 Å². The second-order valence-electron chi connectivity index (χ2n) is 8.39. The second-order valence-corrected chi connectivity index (χ2v) is 9.39. The molecule has 0 spiro atoms. The van der Waals surface area contributed by atoms with Gasteiger partial charge in [0, 0.05) is 37.4 Å². The summed E-state index contributed by atoms with van der Waals surface area (Å²) < 4.78 is 12.1. The van der Waals surface area contributed by atoms with Crippen LogP contribution in [0.2, 0.25) is 0 Å². The van der Waals surface area contributed by atoms with Gasteiger partial charge in [0.05, 0.1) is 30.7 Å². The lowest BCUT2D eigenvalue weighted by Gasteiger charge is -2.29. The van der Waals surface area contributed by atoms with Gasteiger partial charge in [-0.05, 0) is 49.1 Å². The van der Waals surface area contributed by atoms with E-state index in [9.17, 15) is 4.79 Å². The summed E-state index contributed by atoms with van der Waals surface area (Å²) in [5.74, 6) is 0.600. The summed E-state index contributed by atoms with van der Waals surface area (Å²) in [6, 6.07) is 10.1. The molecule has 0 radical (unpaired) electrons. The van der Waals surface area contributed by atoms with Gasteiger partial charge in [0.25, 0.3) is 5.91 Å². The Morgan fingerprint density at radius 3 is 2.58 bits per heavy atom. The minimum Gasteiger partial charge on any atom is -0.494 e. The highest BCUT2D eigenvalue weighted by molar-refractivity contribution is 7.23. The largest absolute Gasteiger partial charge is 0.494 e. The van der Waals surface area contributed by atoms with Crippen LogP contribution >= 0.6 is 11.3 Å². The zero-order chi connectivity index (χ0) is 22.8. The average Bonchev–Trinajstić information content (AvgIpc) is 3.53. The SMILES string of the molecule is CCc1c(C(=O)Nc2nc3c(OC)ccc(N4CCOCC4)c3s2)cccc1N1CCCC1. The highest BCUT2D eigenvalue weighted by atomic mass is 32.1. The molecule has 0 atom stereocenters. The van der Waals surface area contributed by atoms with Gasteiger partial charge in [0.15, 0.2) is 5.13 Å². The predicted molar refractivity (Wildman–Crippen MR) is 134 cm³/mol. The lowest BCUT2D eigenvalue weighted by atomic mass is 10.0. The normalized spacial score (nSPS) is 16.4. The molecule has 174 valence electrons. The molecular weight excluding hydrogens is 436 g/mol. The summed E-state index contributed by atoms with van der Waals surface area (Å²) in [5, 5.41) is 3.66. The molecule has 2 aliphatic heterocycles. The number of nitrogens with zero attached hydrogens (tertiary/aromatic N) is 3. The summed E-state index contributed by atoms with van der Waals surface area (Å²) >= 11 is 1.50. The topological polar surface area (TPSA) is 66.9 Å². The standard InChI is InChI=1S/C25H30N4O3S/c1-3-17-18(7-6-8-19(17)28-11-4-5-12-28)24(30)27-25-26-22-21(31-2)10-9-20(23(22)33-25)29-13-15-32-16-14-29/h6-10H,3-5,11-16H2,1-2H3,(H,26,27,30). The number of carbonyl (C=O) groups excluding carboxylic acids is 1. The van der Waals surface area contributed by atoms with Crippen LogP contribution in [-0.2, 0) is 11.2 Å². The number of methoxy groups -OCH3 is 1. The number of ether oxygens (including phenoxy) is 2. The molecule has 7 nitrogen and oxygen atoms in total. The first-order valence-electron chi connectivity index (χ1n) is 11.7. The number of aromatic nitrogens is 1. The molecule has 1 amide bonds. The van der Waals surface area contributed by atoms with Crippen molar-refractivity contribution in [3.8, 4) is 5.75 Å². The van der Waals surface area contributed by atoms with Gasteiger partial charge in [0.1, 0.15) is 11.3 Å². The molecule has 2 fully saturated rings. The van der Waals surface area contributed by atoms with Crippen molar-refractivity contribution in [1.82, 2.24) is 4.98 Å². The van der Waals surface area contributed by atoms with E-state index in [0.717, 1.165) is 59.6 Å². The minimum absolute atomic E-state index is 0.112. The lowest BCUT2D eigenvalue weighted by molar-refractivity contribution is 0.102. The Balaban J connectivity index is 1.47. The summed E-state index contributed by atoms with van der Waals surface area (Å²) in [7, 11) is 1.65. The molecule has 2 aliphatic rings. The first-order chi connectivity index (χ1) is 16.2. The minimum atomic E-state index is -0.112. The first kappa shape index (κ1) is 22.0. The fourth-order valence-corrected chi connectivity index (χ4v) is 5.84. The van der Waals surface area contributed by atoms with Crippen LogP contribution in [0, 0.1) is 0 Å². The maximum atomic E-state index is 13.4. The smallest absolute Gasteiger partial charge is 0.257 e. The van der Waals surface area contributed by atoms with E-state index in [1.807, 2.05) is 18.2 Å². The maximum Gasteiger partial charge on any atom is 0.257 e. The number of anilines is 3. The van der Waals surface area contributed by atoms with Crippen molar-refractivity contribution in [2.45, 2.75) is 26.2 Å². The van der Waals surface area contributed by atoms with Crippen molar-refractivity contribution in [1.29, 1.82) is 0 Å². The van der Waals surface area contributed by atoms with Crippen molar-refractivity contribution >= 4 is 44.0 Å². The van der Waals surface area contributed by atoms with Gasteiger partial charge in [0.2, 0.25) is 0 Å². The zero-order valence-electron chi connectivity index (χ0n) is 19.2. The number of benzene rings is 2. The van der Waals surface area contributed by atoms with Gasteiger partial charge in [-0.2, -0.15) is 0 Å². The van der Waals surface area contributed by atoms with Crippen LogP contribution < -0.4 is 19.9 Å². The number of thiazole rings is 1. The quantitative estimate of drug-likeness (QED) is 0.575. The Labute approximate surface area is 198 Å². The summed E-state index contributed by atoms with van der Waals surface area (Å²) in [5.41, 5.74) is 4.90. The number of hydrogen-bond acceptors (Lipinski definition) is 7. The number of amides is 1. The number of carbonyl (C=O) groups is 1. The molecule has 5 rings (SSSR count). The van der Waals surface area contributed by atoms with E-state index >= 15 is 0 Å². The fraction of sp³-hybridized carbons (Fsp3) is 0.440. The Kier molecular flexibility index (Phi) is 6.37. The summed E-state index contributed by atoms with van der Waals surface area (Å²) in [6.07, 6.45) is 3.22. The van der Waals surface area contributed by atoms with Crippen LogP contribution in [0.3, 0.4) is 0 Å².